The van der Waals surface area contributed by atoms with Gasteiger partial charge in [0.15, 0.2) is 0 Å². The van der Waals surface area contributed by atoms with E-state index in [0.717, 1.165) is 23.4 Å². The molecule has 0 spiro atoms. The predicted octanol–water partition coefficient (Wildman–Crippen LogP) is 5.19. The van der Waals surface area contributed by atoms with Crippen molar-refractivity contribution in [2.24, 2.45) is 17.8 Å². The van der Waals surface area contributed by atoms with Crippen molar-refractivity contribution < 1.29 is 13.2 Å². The maximum Gasteiger partial charge on any atom is 0.255 e. The van der Waals surface area contributed by atoms with E-state index in [9.17, 15) is 13.2 Å². The number of nitrogens with one attached hydrogen (secondary N) is 1. The second-order valence-electron chi connectivity index (χ2n) is 10.2. The third-order valence-electron chi connectivity index (χ3n) is 7.90. The summed E-state index contributed by atoms with van der Waals surface area (Å²) in [6.07, 6.45) is 9.49. The van der Waals surface area contributed by atoms with Crippen molar-refractivity contribution in [1.82, 2.24) is 0 Å². The minimum atomic E-state index is -3.34. The summed E-state index contributed by atoms with van der Waals surface area (Å²) in [5.41, 5.74) is 3.66. The van der Waals surface area contributed by atoms with Crippen molar-refractivity contribution in [3.8, 4) is 0 Å². The van der Waals surface area contributed by atoms with Crippen molar-refractivity contribution in [3.63, 3.8) is 0 Å². The van der Waals surface area contributed by atoms with E-state index >= 15 is 0 Å². The summed E-state index contributed by atoms with van der Waals surface area (Å²) in [5, 5.41) is 2.98. The Morgan fingerprint density at radius 3 is 1.94 bits per heavy atom. The van der Waals surface area contributed by atoms with Crippen LogP contribution in [-0.4, -0.2) is 27.1 Å². The Morgan fingerprint density at radius 2 is 1.47 bits per heavy atom. The third-order valence-corrected chi connectivity index (χ3v) is 9.17. The van der Waals surface area contributed by atoms with E-state index < -0.39 is 10.0 Å². The molecule has 1 N–H and O–H groups in total. The number of rotatable bonds is 6. The van der Waals surface area contributed by atoms with E-state index in [1.54, 1.807) is 31.2 Å². The predicted molar refractivity (Wildman–Crippen MR) is 129 cm³/mol. The fraction of sp³-hybridized carbons (Fsp3) is 0.500. The van der Waals surface area contributed by atoms with Gasteiger partial charge in [0.2, 0.25) is 10.0 Å². The van der Waals surface area contributed by atoms with Crippen LogP contribution in [0.15, 0.2) is 48.5 Å². The van der Waals surface area contributed by atoms with Crippen molar-refractivity contribution in [2.75, 3.05) is 22.4 Å². The highest BCUT2D eigenvalue weighted by molar-refractivity contribution is 7.92. The Hall–Kier alpha value is -2.34. The molecule has 4 fully saturated rings. The molecule has 0 radical (unpaired) electrons. The van der Waals surface area contributed by atoms with Crippen LogP contribution in [0, 0.1) is 17.8 Å². The number of carbonyl (C=O) groups excluding carboxylic acids is 1. The van der Waals surface area contributed by atoms with Gasteiger partial charge in [-0.1, -0.05) is 12.1 Å². The number of amides is 1. The van der Waals surface area contributed by atoms with Crippen molar-refractivity contribution in [2.45, 2.75) is 50.9 Å². The normalized spacial score (nSPS) is 28.5. The van der Waals surface area contributed by atoms with Crippen molar-refractivity contribution in [3.05, 3.63) is 59.7 Å². The average molecular weight is 453 g/mol. The Balaban J connectivity index is 1.27. The smallest absolute Gasteiger partial charge is 0.255 e. The van der Waals surface area contributed by atoms with Gasteiger partial charge in [0.1, 0.15) is 0 Å². The monoisotopic (exact) mass is 452 g/mol. The number of benzene rings is 2. The molecule has 1 amide bonds. The SMILES string of the molecule is CCN(c1ccc(C(=O)Nc2ccc(C34CC5CC(CC(C5)C3)C4)cc2)cc1)S(C)(=O)=O. The van der Waals surface area contributed by atoms with Crippen LogP contribution in [0.4, 0.5) is 11.4 Å². The van der Waals surface area contributed by atoms with Gasteiger partial charge in [-0.05, 0) is 111 Å². The van der Waals surface area contributed by atoms with Crippen LogP contribution >= 0.6 is 0 Å². The highest BCUT2D eigenvalue weighted by Gasteiger charge is 2.51. The van der Waals surface area contributed by atoms with E-state index in [1.165, 1.54) is 54.6 Å². The molecular formula is C26H32N2O3S. The summed E-state index contributed by atoms with van der Waals surface area (Å²) < 4.78 is 25.1. The molecule has 2 aromatic carbocycles. The highest BCUT2D eigenvalue weighted by atomic mass is 32.2. The van der Waals surface area contributed by atoms with Gasteiger partial charge in [-0.3, -0.25) is 9.10 Å². The van der Waals surface area contributed by atoms with Gasteiger partial charge < -0.3 is 5.32 Å². The van der Waals surface area contributed by atoms with Crippen LogP contribution in [0.5, 0.6) is 0 Å². The molecule has 4 aliphatic carbocycles. The maximum absolute atomic E-state index is 12.7. The van der Waals surface area contributed by atoms with Gasteiger partial charge in [0.25, 0.3) is 5.91 Å². The standard InChI is InChI=1S/C26H32N2O3S/c1-3-28(32(2,30)31)24-10-4-21(5-11-24)25(29)27-23-8-6-22(7-9-23)26-15-18-12-19(16-26)14-20(13-18)17-26/h4-11,18-20H,3,12-17H2,1-2H3,(H,27,29). The Bertz CT molecular complexity index is 1070. The summed E-state index contributed by atoms with van der Waals surface area (Å²) in [4.78, 5) is 12.7. The largest absolute Gasteiger partial charge is 0.322 e. The average Bonchev–Trinajstić information content (AvgIpc) is 2.73. The van der Waals surface area contributed by atoms with E-state index in [4.69, 9.17) is 0 Å². The number of nitrogens with zero attached hydrogens (tertiary/aromatic N) is 1. The summed E-state index contributed by atoms with van der Waals surface area (Å²) in [6, 6.07) is 15.2. The number of hydrogen-bond donors (Lipinski definition) is 1. The minimum Gasteiger partial charge on any atom is -0.322 e. The van der Waals surface area contributed by atoms with Crippen molar-refractivity contribution >= 4 is 27.3 Å². The van der Waals surface area contributed by atoms with Gasteiger partial charge in [0.05, 0.1) is 11.9 Å². The molecule has 4 saturated carbocycles. The zero-order valence-electron chi connectivity index (χ0n) is 18.9. The van der Waals surface area contributed by atoms with Crippen LogP contribution in [0.1, 0.15) is 61.4 Å². The van der Waals surface area contributed by atoms with Crippen LogP contribution in [0.2, 0.25) is 0 Å². The van der Waals surface area contributed by atoms with E-state index in [1.807, 2.05) is 12.1 Å². The molecule has 6 rings (SSSR count). The van der Waals surface area contributed by atoms with Crippen molar-refractivity contribution in [1.29, 1.82) is 0 Å². The lowest BCUT2D eigenvalue weighted by molar-refractivity contribution is -0.00518. The van der Waals surface area contributed by atoms with Crippen LogP contribution < -0.4 is 9.62 Å². The third kappa shape index (κ3) is 3.94. The summed E-state index contributed by atoms with van der Waals surface area (Å²) in [6.45, 7) is 2.13. The number of anilines is 2. The molecular weight excluding hydrogens is 420 g/mol. The Kier molecular flexibility index (Phi) is 5.31. The molecule has 4 aliphatic rings. The van der Waals surface area contributed by atoms with Crippen LogP contribution in [0.25, 0.3) is 0 Å². The zero-order chi connectivity index (χ0) is 22.5. The molecule has 170 valence electrons. The van der Waals surface area contributed by atoms with E-state index in [0.29, 0.717) is 23.2 Å². The molecule has 0 heterocycles. The topological polar surface area (TPSA) is 66.5 Å². The van der Waals surface area contributed by atoms with Crippen LogP contribution in [-0.2, 0) is 15.4 Å². The second kappa shape index (κ2) is 7.91. The van der Waals surface area contributed by atoms with Gasteiger partial charge >= 0.3 is 0 Å². The lowest BCUT2D eigenvalue weighted by Crippen LogP contribution is -2.48. The molecule has 32 heavy (non-hydrogen) atoms. The fourth-order valence-corrected chi connectivity index (χ4v) is 7.94. The first kappa shape index (κ1) is 21.5. The molecule has 0 atom stereocenters. The Morgan fingerprint density at radius 1 is 0.938 bits per heavy atom. The molecule has 2 aromatic rings. The molecule has 0 aliphatic heterocycles. The first-order chi connectivity index (χ1) is 15.3. The van der Waals surface area contributed by atoms with E-state index in [-0.39, 0.29) is 5.91 Å². The lowest BCUT2D eigenvalue weighted by atomic mass is 9.48. The molecule has 0 aromatic heterocycles. The number of carbonyl (C=O) groups is 1. The van der Waals surface area contributed by atoms with E-state index in [2.05, 4.69) is 17.4 Å². The fourth-order valence-electron chi connectivity index (χ4n) is 6.96. The zero-order valence-corrected chi connectivity index (χ0v) is 19.7. The molecule has 0 saturated heterocycles. The quantitative estimate of drug-likeness (QED) is 0.656. The maximum atomic E-state index is 12.7. The highest BCUT2D eigenvalue weighted by Crippen LogP contribution is 2.60. The van der Waals surface area contributed by atoms with Gasteiger partial charge in [0, 0.05) is 17.8 Å². The van der Waals surface area contributed by atoms with Crippen LogP contribution in [0.3, 0.4) is 0 Å². The van der Waals surface area contributed by atoms with Gasteiger partial charge in [-0.2, -0.15) is 0 Å². The number of hydrogen-bond acceptors (Lipinski definition) is 3. The van der Waals surface area contributed by atoms with Gasteiger partial charge in [-0.15, -0.1) is 0 Å². The molecule has 4 bridgehead atoms. The first-order valence-corrected chi connectivity index (χ1v) is 13.6. The molecule has 0 unspecified atom stereocenters. The summed E-state index contributed by atoms with van der Waals surface area (Å²) in [5.74, 6) is 2.54. The molecule has 6 heteroatoms. The first-order valence-electron chi connectivity index (χ1n) is 11.8. The molecule has 5 nitrogen and oxygen atoms in total. The second-order valence-corrected chi connectivity index (χ2v) is 12.1. The summed E-state index contributed by atoms with van der Waals surface area (Å²) >= 11 is 0. The lowest BCUT2D eigenvalue weighted by Gasteiger charge is -2.57. The van der Waals surface area contributed by atoms with Gasteiger partial charge in [-0.25, -0.2) is 8.42 Å². The minimum absolute atomic E-state index is 0.193. The Labute approximate surface area is 191 Å². The summed E-state index contributed by atoms with van der Waals surface area (Å²) in [7, 11) is -3.34. The number of sulfonamides is 1.